The van der Waals surface area contributed by atoms with Crippen LogP contribution in [0.2, 0.25) is 0 Å². The van der Waals surface area contributed by atoms with Crippen molar-refractivity contribution < 1.29 is 9.90 Å². The minimum atomic E-state index is -0.197. The summed E-state index contributed by atoms with van der Waals surface area (Å²) in [7, 11) is 0. The summed E-state index contributed by atoms with van der Waals surface area (Å²) in [5.41, 5.74) is 3.30. The molecule has 0 aliphatic heterocycles. The number of aryl methyl sites for hydroxylation is 2. The fourth-order valence-electron chi connectivity index (χ4n) is 1.77. The van der Waals surface area contributed by atoms with Crippen molar-refractivity contribution in [3.63, 3.8) is 0 Å². The highest BCUT2D eigenvalue weighted by molar-refractivity contribution is 5.92. The molecule has 2 rings (SSSR count). The quantitative estimate of drug-likeness (QED) is 0.887. The predicted molar refractivity (Wildman–Crippen MR) is 74.2 cm³/mol. The summed E-state index contributed by atoms with van der Waals surface area (Å²) in [4.78, 5) is 15.8. The molecule has 2 N–H and O–H groups in total. The molecule has 1 amide bonds. The Bertz CT molecular complexity index is 609. The van der Waals surface area contributed by atoms with Gasteiger partial charge in [-0.3, -0.25) is 4.79 Å². The zero-order valence-corrected chi connectivity index (χ0v) is 11.0. The van der Waals surface area contributed by atoms with Gasteiger partial charge >= 0.3 is 0 Å². The Morgan fingerprint density at radius 3 is 2.74 bits per heavy atom. The van der Waals surface area contributed by atoms with Gasteiger partial charge in [0, 0.05) is 6.20 Å². The van der Waals surface area contributed by atoms with Crippen molar-refractivity contribution >= 4 is 11.7 Å². The summed E-state index contributed by atoms with van der Waals surface area (Å²) >= 11 is 0. The molecule has 1 aromatic carbocycles. The second-order valence-corrected chi connectivity index (χ2v) is 4.51. The van der Waals surface area contributed by atoms with Crippen LogP contribution in [0, 0.1) is 13.8 Å². The number of nitrogens with one attached hydrogen (secondary N) is 1. The van der Waals surface area contributed by atoms with Gasteiger partial charge in [-0.25, -0.2) is 4.98 Å². The van der Waals surface area contributed by atoms with E-state index >= 15 is 0 Å². The maximum atomic E-state index is 11.9. The van der Waals surface area contributed by atoms with E-state index in [1.807, 2.05) is 32.0 Å². The second-order valence-electron chi connectivity index (χ2n) is 4.51. The molecule has 0 atom stereocenters. The van der Waals surface area contributed by atoms with E-state index in [1.54, 1.807) is 6.07 Å². The number of nitrogens with zero attached hydrogens (tertiary/aromatic N) is 1. The minimum absolute atomic E-state index is 0.0315. The van der Waals surface area contributed by atoms with Crippen LogP contribution in [0.25, 0.3) is 0 Å². The molecule has 0 fully saturated rings. The van der Waals surface area contributed by atoms with Crippen LogP contribution in [0.5, 0.6) is 5.75 Å². The van der Waals surface area contributed by atoms with E-state index < -0.39 is 0 Å². The number of hydrogen-bond acceptors (Lipinski definition) is 3. The molecular weight excluding hydrogens is 240 g/mol. The van der Waals surface area contributed by atoms with E-state index in [9.17, 15) is 9.90 Å². The fraction of sp³-hybridized carbons (Fsp3) is 0.200. The molecule has 98 valence electrons. The number of rotatable bonds is 3. The second kappa shape index (κ2) is 5.52. The van der Waals surface area contributed by atoms with Gasteiger partial charge in [0.15, 0.2) is 11.6 Å². The van der Waals surface area contributed by atoms with E-state index in [4.69, 9.17) is 0 Å². The van der Waals surface area contributed by atoms with Gasteiger partial charge in [0.05, 0.1) is 6.42 Å². The average molecular weight is 256 g/mol. The number of carbonyl (C=O) groups is 1. The zero-order valence-electron chi connectivity index (χ0n) is 11.0. The SMILES string of the molecule is Cc1ccc(CC(=O)Nc2ncccc2O)cc1C. The largest absolute Gasteiger partial charge is 0.504 e. The van der Waals surface area contributed by atoms with Crippen LogP contribution >= 0.6 is 0 Å². The smallest absolute Gasteiger partial charge is 0.230 e. The van der Waals surface area contributed by atoms with Crippen LogP contribution in [0.4, 0.5) is 5.82 Å². The highest BCUT2D eigenvalue weighted by Crippen LogP contribution is 2.18. The Hall–Kier alpha value is -2.36. The number of hydrogen-bond donors (Lipinski definition) is 2. The number of carbonyl (C=O) groups excluding carboxylic acids is 1. The molecule has 19 heavy (non-hydrogen) atoms. The first-order valence-corrected chi connectivity index (χ1v) is 6.06. The summed E-state index contributed by atoms with van der Waals surface area (Å²) in [6, 6.07) is 9.01. The Balaban J connectivity index is 2.05. The maximum Gasteiger partial charge on any atom is 0.230 e. The van der Waals surface area contributed by atoms with E-state index in [1.165, 1.54) is 17.8 Å². The molecule has 0 unspecified atom stereocenters. The van der Waals surface area contributed by atoms with Gasteiger partial charge < -0.3 is 10.4 Å². The zero-order chi connectivity index (χ0) is 13.8. The molecular formula is C15H16N2O2. The number of amides is 1. The van der Waals surface area contributed by atoms with Gasteiger partial charge in [-0.2, -0.15) is 0 Å². The molecule has 0 saturated carbocycles. The molecule has 0 aliphatic rings. The lowest BCUT2D eigenvalue weighted by Crippen LogP contribution is -2.15. The third-order valence-electron chi connectivity index (χ3n) is 2.98. The van der Waals surface area contributed by atoms with Gasteiger partial charge in [0.1, 0.15) is 0 Å². The van der Waals surface area contributed by atoms with Crippen molar-refractivity contribution in [3.8, 4) is 5.75 Å². The molecule has 0 saturated heterocycles. The Morgan fingerprint density at radius 2 is 2.05 bits per heavy atom. The maximum absolute atomic E-state index is 11.9. The van der Waals surface area contributed by atoms with Gasteiger partial charge in [-0.1, -0.05) is 18.2 Å². The number of aromatic hydroxyl groups is 1. The van der Waals surface area contributed by atoms with Crippen LogP contribution in [0.15, 0.2) is 36.5 Å². The van der Waals surface area contributed by atoms with Crippen molar-refractivity contribution in [1.29, 1.82) is 0 Å². The van der Waals surface area contributed by atoms with Gasteiger partial charge in [-0.05, 0) is 42.7 Å². The predicted octanol–water partition coefficient (Wildman–Crippen LogP) is 2.59. The van der Waals surface area contributed by atoms with Gasteiger partial charge in [0.25, 0.3) is 0 Å². The van der Waals surface area contributed by atoms with E-state index in [2.05, 4.69) is 10.3 Å². The summed E-state index contributed by atoms with van der Waals surface area (Å²) in [6.45, 7) is 4.05. The standard InChI is InChI=1S/C15H16N2O2/c1-10-5-6-12(8-11(10)2)9-14(19)17-15-13(18)4-3-7-16-15/h3-8,18H,9H2,1-2H3,(H,16,17,19). The lowest BCUT2D eigenvalue weighted by molar-refractivity contribution is -0.115. The van der Waals surface area contributed by atoms with Crippen LogP contribution < -0.4 is 5.32 Å². The first-order chi connectivity index (χ1) is 9.06. The summed E-state index contributed by atoms with van der Waals surface area (Å²) in [6.07, 6.45) is 1.78. The third-order valence-corrected chi connectivity index (χ3v) is 2.98. The lowest BCUT2D eigenvalue weighted by Gasteiger charge is -2.07. The van der Waals surface area contributed by atoms with E-state index in [0.717, 1.165) is 11.1 Å². The number of aromatic nitrogens is 1. The number of anilines is 1. The lowest BCUT2D eigenvalue weighted by atomic mass is 10.0. The normalized spacial score (nSPS) is 10.2. The summed E-state index contributed by atoms with van der Waals surface area (Å²) < 4.78 is 0. The summed E-state index contributed by atoms with van der Waals surface area (Å²) in [5.74, 6) is -0.0375. The molecule has 0 spiro atoms. The Kier molecular flexibility index (Phi) is 3.80. The molecule has 4 heteroatoms. The van der Waals surface area contributed by atoms with E-state index in [-0.39, 0.29) is 23.9 Å². The van der Waals surface area contributed by atoms with Crippen LogP contribution in [-0.2, 0) is 11.2 Å². The monoisotopic (exact) mass is 256 g/mol. The number of pyridine rings is 1. The van der Waals surface area contributed by atoms with Gasteiger partial charge in [0.2, 0.25) is 5.91 Å². The molecule has 2 aromatic rings. The van der Waals surface area contributed by atoms with Gasteiger partial charge in [-0.15, -0.1) is 0 Å². The Morgan fingerprint density at radius 1 is 1.26 bits per heavy atom. The van der Waals surface area contributed by atoms with Crippen molar-refractivity contribution in [2.45, 2.75) is 20.3 Å². The molecule has 0 bridgehead atoms. The first-order valence-electron chi connectivity index (χ1n) is 6.06. The van der Waals surface area contributed by atoms with Crippen molar-refractivity contribution in [2.24, 2.45) is 0 Å². The van der Waals surface area contributed by atoms with E-state index in [0.29, 0.717) is 0 Å². The molecule has 1 aromatic heterocycles. The topological polar surface area (TPSA) is 62.2 Å². The molecule has 1 heterocycles. The van der Waals surface area contributed by atoms with Crippen molar-refractivity contribution in [1.82, 2.24) is 4.98 Å². The summed E-state index contributed by atoms with van der Waals surface area (Å²) in [5, 5.41) is 12.1. The van der Waals surface area contributed by atoms with Crippen LogP contribution in [0.1, 0.15) is 16.7 Å². The fourth-order valence-corrected chi connectivity index (χ4v) is 1.77. The molecule has 0 aliphatic carbocycles. The van der Waals surface area contributed by atoms with Crippen molar-refractivity contribution in [2.75, 3.05) is 5.32 Å². The highest BCUT2D eigenvalue weighted by Gasteiger charge is 2.08. The van der Waals surface area contributed by atoms with Crippen LogP contribution in [-0.4, -0.2) is 16.0 Å². The third kappa shape index (κ3) is 3.31. The Labute approximate surface area is 112 Å². The van der Waals surface area contributed by atoms with Crippen LogP contribution in [0.3, 0.4) is 0 Å². The highest BCUT2D eigenvalue weighted by atomic mass is 16.3. The van der Waals surface area contributed by atoms with Crippen molar-refractivity contribution in [3.05, 3.63) is 53.2 Å². The number of benzene rings is 1. The molecule has 4 nitrogen and oxygen atoms in total. The molecule has 0 radical (unpaired) electrons. The first kappa shape index (κ1) is 13.1. The average Bonchev–Trinajstić information content (AvgIpc) is 2.37. The minimum Gasteiger partial charge on any atom is -0.504 e.